The number of nitrogens with zero attached hydrogens (tertiary/aromatic N) is 5. The molecule has 2 rings (SSSR count). The maximum absolute atomic E-state index is 11.7. The number of rotatable bonds is 5. The van der Waals surface area contributed by atoms with Crippen molar-refractivity contribution in [2.45, 2.75) is 39.7 Å². The van der Waals surface area contributed by atoms with Crippen molar-refractivity contribution in [2.24, 2.45) is 0 Å². The Bertz CT molecular complexity index is 602. The molecule has 0 N–H and O–H groups in total. The second kappa shape index (κ2) is 5.81. The first-order valence-corrected chi connectivity index (χ1v) is 6.39. The summed E-state index contributed by atoms with van der Waals surface area (Å²) in [5.41, 5.74) is 0.908. The smallest absolute Gasteiger partial charge is 0.360 e. The highest BCUT2D eigenvalue weighted by Crippen LogP contribution is 2.19. The van der Waals surface area contributed by atoms with E-state index in [1.807, 2.05) is 20.8 Å². The third-order valence-corrected chi connectivity index (χ3v) is 2.80. The van der Waals surface area contributed by atoms with Crippen LogP contribution in [-0.2, 0) is 17.7 Å². The monoisotopic (exact) mass is 279 g/mol. The maximum Gasteiger partial charge on any atom is 0.360 e. The zero-order valence-corrected chi connectivity index (χ0v) is 12.0. The number of hydrogen-bond acceptors (Lipinski definition) is 7. The van der Waals surface area contributed by atoms with Crippen LogP contribution >= 0.6 is 0 Å². The van der Waals surface area contributed by atoms with Gasteiger partial charge in [0.05, 0.1) is 12.8 Å². The summed E-state index contributed by atoms with van der Waals surface area (Å²) >= 11 is 0. The zero-order chi connectivity index (χ0) is 14.7. The molecule has 0 radical (unpaired) electrons. The van der Waals surface area contributed by atoms with Crippen molar-refractivity contribution in [3.63, 3.8) is 0 Å². The molecule has 0 aliphatic carbocycles. The lowest BCUT2D eigenvalue weighted by atomic mass is 10.1. The van der Waals surface area contributed by atoms with E-state index in [0.29, 0.717) is 23.9 Å². The molecule has 20 heavy (non-hydrogen) atoms. The molecule has 108 valence electrons. The average molecular weight is 279 g/mol. The molecular formula is C12H17N5O3. The number of aryl methyl sites for hydroxylation is 1. The minimum Gasteiger partial charge on any atom is -0.464 e. The van der Waals surface area contributed by atoms with E-state index in [4.69, 9.17) is 9.15 Å². The average Bonchev–Trinajstić information content (AvgIpc) is 3.04. The fourth-order valence-corrected chi connectivity index (χ4v) is 1.87. The lowest BCUT2D eigenvalue weighted by Gasteiger charge is -2.08. The minimum absolute atomic E-state index is 0.0627. The van der Waals surface area contributed by atoms with Gasteiger partial charge in [-0.2, -0.15) is 0 Å². The van der Waals surface area contributed by atoms with Gasteiger partial charge in [0, 0.05) is 6.42 Å². The summed E-state index contributed by atoms with van der Waals surface area (Å²) in [4.78, 5) is 11.7. The van der Waals surface area contributed by atoms with Gasteiger partial charge in [-0.05, 0) is 5.92 Å². The molecule has 2 aromatic rings. The highest BCUT2D eigenvalue weighted by atomic mass is 16.5. The number of aromatic nitrogens is 5. The minimum atomic E-state index is -0.500. The molecule has 8 nitrogen and oxygen atoms in total. The molecule has 0 fully saturated rings. The van der Waals surface area contributed by atoms with Crippen molar-refractivity contribution in [2.75, 3.05) is 7.11 Å². The van der Waals surface area contributed by atoms with E-state index < -0.39 is 5.97 Å². The summed E-state index contributed by atoms with van der Waals surface area (Å²) in [6, 6.07) is 0. The van der Waals surface area contributed by atoms with Gasteiger partial charge in [-0.15, -0.1) is 15.3 Å². The molecule has 0 atom stereocenters. The Morgan fingerprint density at radius 3 is 2.55 bits per heavy atom. The van der Waals surface area contributed by atoms with Gasteiger partial charge in [0.15, 0.2) is 5.69 Å². The highest BCUT2D eigenvalue weighted by Gasteiger charge is 2.23. The Balaban J connectivity index is 2.31. The van der Waals surface area contributed by atoms with E-state index in [1.54, 1.807) is 4.68 Å². The number of carbonyl (C=O) groups excluding carboxylic acids is 1. The third kappa shape index (κ3) is 2.68. The summed E-state index contributed by atoms with van der Waals surface area (Å²) in [7, 11) is 1.32. The quantitative estimate of drug-likeness (QED) is 0.758. The Kier molecular flexibility index (Phi) is 4.11. The standard InChI is InChI=1S/C12H17N5O3/c1-5-8-13-14-9(20-8)6-17-11(7(2)3)10(15-16-17)12(18)19-4/h7H,5-6H2,1-4H3. The predicted molar refractivity (Wildman–Crippen MR) is 68.2 cm³/mol. The van der Waals surface area contributed by atoms with Crippen LogP contribution in [0.4, 0.5) is 0 Å². The van der Waals surface area contributed by atoms with E-state index >= 15 is 0 Å². The van der Waals surface area contributed by atoms with E-state index in [0.717, 1.165) is 0 Å². The molecule has 0 aliphatic heterocycles. The van der Waals surface area contributed by atoms with Crippen LogP contribution in [0.1, 0.15) is 54.7 Å². The molecule has 0 bridgehead atoms. The maximum atomic E-state index is 11.7. The van der Waals surface area contributed by atoms with Gasteiger partial charge in [0.25, 0.3) is 0 Å². The van der Waals surface area contributed by atoms with E-state index in [-0.39, 0.29) is 18.2 Å². The Labute approximate surface area is 116 Å². The fraction of sp³-hybridized carbons (Fsp3) is 0.583. The number of carbonyl (C=O) groups is 1. The van der Waals surface area contributed by atoms with Gasteiger partial charge in [-0.3, -0.25) is 0 Å². The van der Waals surface area contributed by atoms with Crippen LogP contribution in [0.3, 0.4) is 0 Å². The first-order valence-electron chi connectivity index (χ1n) is 6.39. The van der Waals surface area contributed by atoms with Gasteiger partial charge < -0.3 is 9.15 Å². The predicted octanol–water partition coefficient (Wildman–Crippen LogP) is 1.18. The second-order valence-electron chi connectivity index (χ2n) is 4.57. The van der Waals surface area contributed by atoms with Gasteiger partial charge in [-0.25, -0.2) is 9.48 Å². The van der Waals surface area contributed by atoms with Crippen LogP contribution in [0.5, 0.6) is 0 Å². The third-order valence-electron chi connectivity index (χ3n) is 2.80. The molecule has 0 unspecified atom stereocenters. The van der Waals surface area contributed by atoms with Crippen molar-refractivity contribution >= 4 is 5.97 Å². The van der Waals surface area contributed by atoms with Crippen molar-refractivity contribution in [1.82, 2.24) is 25.2 Å². The molecule has 0 spiro atoms. The van der Waals surface area contributed by atoms with Crippen LogP contribution < -0.4 is 0 Å². The normalized spacial score (nSPS) is 11.1. The van der Waals surface area contributed by atoms with Crippen molar-refractivity contribution < 1.29 is 13.9 Å². The van der Waals surface area contributed by atoms with Crippen molar-refractivity contribution in [3.05, 3.63) is 23.2 Å². The lowest BCUT2D eigenvalue weighted by Crippen LogP contribution is -2.12. The molecule has 0 saturated carbocycles. The van der Waals surface area contributed by atoms with Crippen LogP contribution in [0.2, 0.25) is 0 Å². The van der Waals surface area contributed by atoms with Crippen molar-refractivity contribution in [3.8, 4) is 0 Å². The fourth-order valence-electron chi connectivity index (χ4n) is 1.87. The Morgan fingerprint density at radius 1 is 1.30 bits per heavy atom. The first-order chi connectivity index (χ1) is 9.56. The number of hydrogen-bond donors (Lipinski definition) is 0. The van der Waals surface area contributed by atoms with Crippen LogP contribution in [0.25, 0.3) is 0 Å². The summed E-state index contributed by atoms with van der Waals surface area (Å²) in [5.74, 6) is 0.567. The highest BCUT2D eigenvalue weighted by molar-refractivity contribution is 5.88. The molecule has 8 heteroatoms. The first kappa shape index (κ1) is 14.2. The molecule has 2 heterocycles. The summed E-state index contributed by atoms with van der Waals surface area (Å²) in [5, 5.41) is 15.7. The second-order valence-corrected chi connectivity index (χ2v) is 4.57. The van der Waals surface area contributed by atoms with Gasteiger partial charge >= 0.3 is 5.97 Å². The topological polar surface area (TPSA) is 95.9 Å². The number of methoxy groups -OCH3 is 1. The molecular weight excluding hydrogens is 262 g/mol. The molecule has 0 aliphatic rings. The Hall–Kier alpha value is -2.25. The van der Waals surface area contributed by atoms with E-state index in [9.17, 15) is 4.79 Å². The van der Waals surface area contributed by atoms with Crippen molar-refractivity contribution in [1.29, 1.82) is 0 Å². The SMILES string of the molecule is CCc1nnc(Cn2nnc(C(=O)OC)c2C(C)C)o1. The van der Waals surface area contributed by atoms with Gasteiger partial charge in [0.2, 0.25) is 11.8 Å². The zero-order valence-electron chi connectivity index (χ0n) is 12.0. The Morgan fingerprint density at radius 2 is 2.00 bits per heavy atom. The van der Waals surface area contributed by atoms with Gasteiger partial charge in [-0.1, -0.05) is 26.0 Å². The van der Waals surface area contributed by atoms with Gasteiger partial charge in [0.1, 0.15) is 6.54 Å². The number of esters is 1. The molecule has 0 saturated heterocycles. The summed E-state index contributed by atoms with van der Waals surface area (Å²) in [6.45, 7) is 6.12. The van der Waals surface area contributed by atoms with E-state index in [2.05, 4.69) is 20.5 Å². The number of ether oxygens (including phenoxy) is 1. The van der Waals surface area contributed by atoms with Crippen LogP contribution in [-0.4, -0.2) is 38.3 Å². The summed E-state index contributed by atoms with van der Waals surface area (Å²) in [6.07, 6.45) is 0.675. The van der Waals surface area contributed by atoms with Crippen LogP contribution in [0.15, 0.2) is 4.42 Å². The molecule has 2 aromatic heterocycles. The molecule has 0 amide bonds. The molecule has 0 aromatic carbocycles. The summed E-state index contributed by atoms with van der Waals surface area (Å²) < 4.78 is 11.7. The lowest BCUT2D eigenvalue weighted by molar-refractivity contribution is 0.0592. The van der Waals surface area contributed by atoms with E-state index in [1.165, 1.54) is 7.11 Å². The van der Waals surface area contributed by atoms with Crippen LogP contribution in [0, 0.1) is 0 Å². The largest absolute Gasteiger partial charge is 0.464 e.